The van der Waals surface area contributed by atoms with Crippen LogP contribution in [0.5, 0.6) is 23.5 Å². The molecule has 0 saturated carbocycles. The van der Waals surface area contributed by atoms with Crippen molar-refractivity contribution in [1.29, 1.82) is 0 Å². The minimum absolute atomic E-state index is 0.112. The standard InChI is InChI=1S/C31H28N4O4/c1-35(26-13-7-23(8-14-26)19-22-5-3-2-4-6-22)29-32-30(38-20-24-9-15-27(36)16-10-24)34-31(33-29)39-21-25-11-17-28(37)18-12-25/h2-18,36-37H,19-21H2,1H3. The van der Waals surface area contributed by atoms with Crippen molar-refractivity contribution >= 4 is 11.6 Å². The van der Waals surface area contributed by atoms with Gasteiger partial charge in [-0.15, -0.1) is 4.98 Å². The van der Waals surface area contributed by atoms with Crippen LogP contribution in [-0.2, 0) is 19.6 Å². The summed E-state index contributed by atoms with van der Waals surface area (Å²) < 4.78 is 11.7. The van der Waals surface area contributed by atoms with E-state index in [0.29, 0.717) is 5.95 Å². The van der Waals surface area contributed by atoms with Gasteiger partial charge in [-0.05, 0) is 65.1 Å². The van der Waals surface area contributed by atoms with Crippen LogP contribution in [-0.4, -0.2) is 32.2 Å². The largest absolute Gasteiger partial charge is 0.508 e. The molecule has 196 valence electrons. The van der Waals surface area contributed by atoms with Gasteiger partial charge in [-0.1, -0.05) is 66.7 Å². The molecule has 1 heterocycles. The Kier molecular flexibility index (Phi) is 7.83. The molecule has 0 radical (unpaired) electrons. The quantitative estimate of drug-likeness (QED) is 0.238. The van der Waals surface area contributed by atoms with Gasteiger partial charge in [0.25, 0.3) is 0 Å². The molecule has 2 N–H and O–H groups in total. The lowest BCUT2D eigenvalue weighted by atomic mass is 10.0. The van der Waals surface area contributed by atoms with Gasteiger partial charge in [0.1, 0.15) is 24.7 Å². The maximum absolute atomic E-state index is 9.53. The van der Waals surface area contributed by atoms with Crippen molar-refractivity contribution in [2.45, 2.75) is 19.6 Å². The fourth-order valence-corrected chi connectivity index (χ4v) is 3.87. The van der Waals surface area contributed by atoms with Crippen LogP contribution in [0.3, 0.4) is 0 Å². The molecule has 0 saturated heterocycles. The fourth-order valence-electron chi connectivity index (χ4n) is 3.87. The second-order valence-electron chi connectivity index (χ2n) is 9.00. The van der Waals surface area contributed by atoms with E-state index in [2.05, 4.69) is 39.2 Å². The smallest absolute Gasteiger partial charge is 0.324 e. The van der Waals surface area contributed by atoms with E-state index in [1.54, 1.807) is 48.5 Å². The van der Waals surface area contributed by atoms with Gasteiger partial charge < -0.3 is 24.6 Å². The number of hydrogen-bond acceptors (Lipinski definition) is 8. The Hall–Kier alpha value is -5.11. The number of rotatable bonds is 10. The number of anilines is 2. The zero-order chi connectivity index (χ0) is 27.0. The van der Waals surface area contributed by atoms with Crippen molar-refractivity contribution in [3.63, 3.8) is 0 Å². The van der Waals surface area contributed by atoms with Crippen LogP contribution in [0.15, 0.2) is 103 Å². The van der Waals surface area contributed by atoms with Crippen molar-refractivity contribution in [2.75, 3.05) is 11.9 Å². The average Bonchev–Trinajstić information content (AvgIpc) is 2.97. The fraction of sp³-hybridized carbons (Fsp3) is 0.129. The van der Waals surface area contributed by atoms with E-state index in [4.69, 9.17) is 9.47 Å². The monoisotopic (exact) mass is 520 g/mol. The van der Waals surface area contributed by atoms with Crippen molar-refractivity contribution < 1.29 is 19.7 Å². The van der Waals surface area contributed by atoms with E-state index >= 15 is 0 Å². The molecule has 5 rings (SSSR count). The van der Waals surface area contributed by atoms with Crippen LogP contribution < -0.4 is 14.4 Å². The summed E-state index contributed by atoms with van der Waals surface area (Å²) in [4.78, 5) is 15.2. The number of phenols is 2. The van der Waals surface area contributed by atoms with Crippen LogP contribution in [0.1, 0.15) is 22.3 Å². The Labute approximate surface area is 226 Å². The molecule has 8 heteroatoms. The molecule has 0 atom stereocenters. The normalized spacial score (nSPS) is 10.7. The molecule has 0 aliphatic heterocycles. The number of nitrogens with zero attached hydrogens (tertiary/aromatic N) is 4. The number of aromatic hydroxyl groups is 2. The number of ether oxygens (including phenoxy) is 2. The first kappa shape index (κ1) is 25.5. The second-order valence-corrected chi connectivity index (χ2v) is 9.00. The highest BCUT2D eigenvalue weighted by atomic mass is 16.5. The van der Waals surface area contributed by atoms with E-state index in [1.807, 2.05) is 42.3 Å². The zero-order valence-electron chi connectivity index (χ0n) is 21.4. The topological polar surface area (TPSA) is 101 Å². The average molecular weight is 521 g/mol. The summed E-state index contributed by atoms with van der Waals surface area (Å²) in [5.74, 6) is 0.729. The Balaban J connectivity index is 1.35. The van der Waals surface area contributed by atoms with Crippen LogP contribution in [0.2, 0.25) is 0 Å². The first-order valence-corrected chi connectivity index (χ1v) is 12.5. The predicted molar refractivity (Wildman–Crippen MR) is 148 cm³/mol. The molecular formula is C31H28N4O4. The molecule has 1 aromatic heterocycles. The first-order chi connectivity index (χ1) is 19.0. The molecule has 4 aromatic carbocycles. The second kappa shape index (κ2) is 12.0. The van der Waals surface area contributed by atoms with Crippen LogP contribution in [0.25, 0.3) is 0 Å². The van der Waals surface area contributed by atoms with Crippen molar-refractivity contribution in [2.24, 2.45) is 0 Å². The SMILES string of the molecule is CN(c1ccc(Cc2ccccc2)cc1)c1nc(OCc2ccc(O)cc2)nc(OCc2ccc(O)cc2)n1. The molecule has 8 nitrogen and oxygen atoms in total. The highest BCUT2D eigenvalue weighted by Crippen LogP contribution is 2.25. The maximum Gasteiger partial charge on any atom is 0.324 e. The Morgan fingerprint density at radius 2 is 1.03 bits per heavy atom. The third-order valence-corrected chi connectivity index (χ3v) is 6.07. The first-order valence-electron chi connectivity index (χ1n) is 12.5. The van der Waals surface area contributed by atoms with Crippen LogP contribution in [0.4, 0.5) is 11.6 Å². The minimum Gasteiger partial charge on any atom is -0.508 e. The molecule has 0 spiro atoms. The molecule has 5 aromatic rings. The molecule has 39 heavy (non-hydrogen) atoms. The van der Waals surface area contributed by atoms with E-state index in [1.165, 1.54) is 11.1 Å². The van der Waals surface area contributed by atoms with Gasteiger partial charge in [-0.2, -0.15) is 9.97 Å². The van der Waals surface area contributed by atoms with Crippen LogP contribution >= 0.6 is 0 Å². The minimum atomic E-state index is 0.112. The van der Waals surface area contributed by atoms with Gasteiger partial charge in [0.2, 0.25) is 5.95 Å². The summed E-state index contributed by atoms with van der Waals surface area (Å²) >= 11 is 0. The van der Waals surface area contributed by atoms with E-state index < -0.39 is 0 Å². The molecule has 0 unspecified atom stereocenters. The number of phenolic OH excluding ortho intramolecular Hbond substituents is 2. The third kappa shape index (κ3) is 7.01. The van der Waals surface area contributed by atoms with Gasteiger partial charge in [-0.3, -0.25) is 0 Å². The molecule has 0 aliphatic carbocycles. The lowest BCUT2D eigenvalue weighted by Gasteiger charge is -2.19. The molecule has 0 aliphatic rings. The summed E-state index contributed by atoms with van der Waals surface area (Å²) in [6, 6.07) is 32.2. The van der Waals surface area contributed by atoms with E-state index in [0.717, 1.165) is 23.2 Å². The number of benzene rings is 4. The van der Waals surface area contributed by atoms with Gasteiger partial charge >= 0.3 is 12.0 Å². The molecule has 0 amide bonds. The Bertz CT molecular complexity index is 1430. The van der Waals surface area contributed by atoms with Crippen LogP contribution in [0, 0.1) is 0 Å². The van der Waals surface area contributed by atoms with Gasteiger partial charge in [0, 0.05) is 12.7 Å². The molecule has 0 bridgehead atoms. The van der Waals surface area contributed by atoms with Crippen molar-refractivity contribution in [1.82, 2.24) is 15.0 Å². The van der Waals surface area contributed by atoms with E-state index in [9.17, 15) is 10.2 Å². The molecular weight excluding hydrogens is 492 g/mol. The summed E-state index contributed by atoms with van der Waals surface area (Å²) in [6.07, 6.45) is 0.848. The zero-order valence-corrected chi connectivity index (χ0v) is 21.4. The summed E-state index contributed by atoms with van der Waals surface area (Å²) in [5.41, 5.74) is 5.05. The maximum atomic E-state index is 9.53. The summed E-state index contributed by atoms with van der Waals surface area (Å²) in [5, 5.41) is 19.1. The lowest BCUT2D eigenvalue weighted by molar-refractivity contribution is 0.250. The van der Waals surface area contributed by atoms with Gasteiger partial charge in [0.15, 0.2) is 0 Å². The van der Waals surface area contributed by atoms with E-state index in [-0.39, 0.29) is 36.7 Å². The summed E-state index contributed by atoms with van der Waals surface area (Å²) in [6.45, 7) is 0.415. The summed E-state index contributed by atoms with van der Waals surface area (Å²) in [7, 11) is 1.87. The Morgan fingerprint density at radius 1 is 0.564 bits per heavy atom. The number of hydrogen-bond donors (Lipinski definition) is 2. The highest BCUT2D eigenvalue weighted by molar-refractivity contribution is 5.57. The number of aromatic nitrogens is 3. The van der Waals surface area contributed by atoms with Gasteiger partial charge in [0.05, 0.1) is 0 Å². The van der Waals surface area contributed by atoms with Crippen molar-refractivity contribution in [3.05, 3.63) is 125 Å². The predicted octanol–water partition coefficient (Wildman–Crippen LogP) is 5.80. The lowest BCUT2D eigenvalue weighted by Crippen LogP contribution is -2.15. The van der Waals surface area contributed by atoms with Crippen molar-refractivity contribution in [3.8, 4) is 23.5 Å². The van der Waals surface area contributed by atoms with Gasteiger partial charge in [-0.25, -0.2) is 0 Å². The highest BCUT2D eigenvalue weighted by Gasteiger charge is 2.15. The Morgan fingerprint density at radius 3 is 1.54 bits per heavy atom. The third-order valence-electron chi connectivity index (χ3n) is 6.07. The molecule has 0 fully saturated rings.